The summed E-state index contributed by atoms with van der Waals surface area (Å²) < 4.78 is 12.3. The Morgan fingerprint density at radius 3 is 2.46 bits per heavy atom. The topological polar surface area (TPSA) is 82.5 Å². The molecule has 1 aliphatic rings. The number of hydrogen-bond acceptors (Lipinski definition) is 5. The number of nitrogens with one attached hydrogen (secondary N) is 1. The minimum absolute atomic E-state index is 0.323. The van der Waals surface area contributed by atoms with E-state index in [4.69, 9.17) is 20.9 Å². The molecule has 0 spiro atoms. The fraction of sp³-hybridized carbons (Fsp3) is 0.368. The van der Waals surface area contributed by atoms with Gasteiger partial charge in [-0.3, -0.25) is 0 Å². The molecule has 1 fully saturated rings. The molecule has 0 amide bonds. The SMILES string of the molecule is CC(C)(Oc1ccccc1Oc1ccc(N)c(N)c1)C1CCCN1. The van der Waals surface area contributed by atoms with Gasteiger partial charge in [-0.2, -0.15) is 0 Å². The van der Waals surface area contributed by atoms with Gasteiger partial charge in [0.05, 0.1) is 11.4 Å². The highest BCUT2D eigenvalue weighted by Crippen LogP contribution is 2.36. The van der Waals surface area contributed by atoms with Gasteiger partial charge in [0, 0.05) is 12.1 Å². The van der Waals surface area contributed by atoms with Crippen LogP contribution in [0.25, 0.3) is 0 Å². The highest BCUT2D eigenvalue weighted by molar-refractivity contribution is 5.65. The van der Waals surface area contributed by atoms with Gasteiger partial charge >= 0.3 is 0 Å². The van der Waals surface area contributed by atoms with E-state index in [0.717, 1.165) is 13.0 Å². The summed E-state index contributed by atoms with van der Waals surface area (Å²) in [6.07, 6.45) is 2.30. The number of anilines is 2. The van der Waals surface area contributed by atoms with Gasteiger partial charge < -0.3 is 26.3 Å². The van der Waals surface area contributed by atoms with Crippen molar-refractivity contribution in [2.45, 2.75) is 38.3 Å². The Kier molecular flexibility index (Phi) is 4.53. The zero-order valence-electron chi connectivity index (χ0n) is 14.2. The van der Waals surface area contributed by atoms with Crippen LogP contribution in [0.15, 0.2) is 42.5 Å². The van der Waals surface area contributed by atoms with Crippen molar-refractivity contribution >= 4 is 11.4 Å². The van der Waals surface area contributed by atoms with Crippen LogP contribution in [0, 0.1) is 0 Å². The maximum Gasteiger partial charge on any atom is 0.169 e. The van der Waals surface area contributed by atoms with Gasteiger partial charge in [0.2, 0.25) is 0 Å². The van der Waals surface area contributed by atoms with Gasteiger partial charge in [0.15, 0.2) is 11.5 Å². The zero-order chi connectivity index (χ0) is 17.2. The number of nitrogens with two attached hydrogens (primary N) is 2. The van der Waals surface area contributed by atoms with E-state index >= 15 is 0 Å². The van der Waals surface area contributed by atoms with Crippen molar-refractivity contribution in [3.05, 3.63) is 42.5 Å². The Morgan fingerprint density at radius 1 is 1.04 bits per heavy atom. The Balaban J connectivity index is 1.81. The van der Waals surface area contributed by atoms with Crippen LogP contribution >= 0.6 is 0 Å². The van der Waals surface area contributed by atoms with Gasteiger partial charge in [-0.05, 0) is 57.5 Å². The van der Waals surface area contributed by atoms with Gasteiger partial charge in [-0.25, -0.2) is 0 Å². The predicted molar refractivity (Wildman–Crippen MR) is 97.5 cm³/mol. The summed E-state index contributed by atoms with van der Waals surface area (Å²) >= 11 is 0. The van der Waals surface area contributed by atoms with E-state index < -0.39 is 0 Å². The van der Waals surface area contributed by atoms with Gasteiger partial charge in [-0.15, -0.1) is 0 Å². The molecule has 5 heteroatoms. The van der Waals surface area contributed by atoms with E-state index in [9.17, 15) is 0 Å². The van der Waals surface area contributed by atoms with Crippen LogP contribution in [-0.2, 0) is 0 Å². The van der Waals surface area contributed by atoms with E-state index in [-0.39, 0.29) is 5.60 Å². The first-order valence-corrected chi connectivity index (χ1v) is 8.30. The van der Waals surface area contributed by atoms with E-state index in [2.05, 4.69) is 19.2 Å². The third-order valence-electron chi connectivity index (χ3n) is 4.41. The Morgan fingerprint density at radius 2 is 1.79 bits per heavy atom. The van der Waals surface area contributed by atoms with Crippen LogP contribution in [0.1, 0.15) is 26.7 Å². The molecule has 2 aromatic carbocycles. The average molecular weight is 327 g/mol. The molecule has 1 heterocycles. The first kappa shape index (κ1) is 16.5. The molecule has 5 nitrogen and oxygen atoms in total. The molecule has 2 aromatic rings. The largest absolute Gasteiger partial charge is 0.482 e. The minimum Gasteiger partial charge on any atom is -0.482 e. The van der Waals surface area contributed by atoms with Crippen molar-refractivity contribution in [2.75, 3.05) is 18.0 Å². The average Bonchev–Trinajstić information content (AvgIpc) is 3.08. The van der Waals surface area contributed by atoms with E-state index in [0.29, 0.717) is 34.7 Å². The van der Waals surface area contributed by atoms with Crippen LogP contribution < -0.4 is 26.3 Å². The molecule has 1 unspecified atom stereocenters. The van der Waals surface area contributed by atoms with Crippen molar-refractivity contribution in [1.29, 1.82) is 0 Å². The summed E-state index contributed by atoms with van der Waals surface area (Å²) in [6.45, 7) is 5.25. The second-order valence-corrected chi connectivity index (χ2v) is 6.69. The van der Waals surface area contributed by atoms with Crippen LogP contribution in [0.2, 0.25) is 0 Å². The third-order valence-corrected chi connectivity index (χ3v) is 4.41. The molecular weight excluding hydrogens is 302 g/mol. The van der Waals surface area contributed by atoms with Gasteiger partial charge in [0.1, 0.15) is 11.4 Å². The zero-order valence-corrected chi connectivity index (χ0v) is 14.2. The van der Waals surface area contributed by atoms with E-state index in [1.165, 1.54) is 6.42 Å². The first-order chi connectivity index (χ1) is 11.5. The first-order valence-electron chi connectivity index (χ1n) is 8.30. The molecule has 1 aliphatic heterocycles. The number of ether oxygens (including phenoxy) is 2. The van der Waals surface area contributed by atoms with Crippen molar-refractivity contribution in [2.24, 2.45) is 0 Å². The molecule has 5 N–H and O–H groups in total. The number of hydrogen-bond donors (Lipinski definition) is 3. The van der Waals surface area contributed by atoms with Crippen molar-refractivity contribution in [1.82, 2.24) is 5.32 Å². The van der Waals surface area contributed by atoms with Gasteiger partial charge in [0.25, 0.3) is 0 Å². The maximum absolute atomic E-state index is 6.30. The predicted octanol–water partition coefficient (Wildman–Crippen LogP) is 3.55. The number of para-hydroxylation sites is 2. The molecule has 0 aliphatic carbocycles. The Bertz CT molecular complexity index is 710. The standard InChI is InChI=1S/C19H25N3O2/c1-19(2,18-8-5-11-22-18)24-17-7-4-3-6-16(17)23-13-9-10-14(20)15(21)12-13/h3-4,6-7,9-10,12,18,22H,5,8,11,20-21H2,1-2H3. The molecule has 128 valence electrons. The van der Waals surface area contributed by atoms with Crippen LogP contribution in [0.3, 0.4) is 0 Å². The summed E-state index contributed by atoms with van der Waals surface area (Å²) in [7, 11) is 0. The molecule has 0 aromatic heterocycles. The summed E-state index contributed by atoms with van der Waals surface area (Å²) in [5.74, 6) is 2.01. The van der Waals surface area contributed by atoms with E-state index in [1.807, 2.05) is 24.3 Å². The fourth-order valence-corrected chi connectivity index (χ4v) is 2.99. The minimum atomic E-state index is -0.323. The highest BCUT2D eigenvalue weighted by Gasteiger charge is 2.34. The Labute approximate surface area is 142 Å². The smallest absolute Gasteiger partial charge is 0.169 e. The fourth-order valence-electron chi connectivity index (χ4n) is 2.99. The quantitative estimate of drug-likeness (QED) is 0.732. The van der Waals surface area contributed by atoms with Crippen molar-refractivity contribution < 1.29 is 9.47 Å². The summed E-state index contributed by atoms with van der Waals surface area (Å²) in [5, 5.41) is 3.50. The second-order valence-electron chi connectivity index (χ2n) is 6.69. The number of nitrogen functional groups attached to an aromatic ring is 2. The highest BCUT2D eigenvalue weighted by atomic mass is 16.5. The van der Waals surface area contributed by atoms with Gasteiger partial charge in [-0.1, -0.05) is 12.1 Å². The Hall–Kier alpha value is -2.40. The molecule has 1 saturated heterocycles. The molecule has 24 heavy (non-hydrogen) atoms. The maximum atomic E-state index is 6.30. The lowest BCUT2D eigenvalue weighted by molar-refractivity contribution is 0.0692. The van der Waals surface area contributed by atoms with Crippen molar-refractivity contribution in [3.8, 4) is 17.2 Å². The lowest BCUT2D eigenvalue weighted by Gasteiger charge is -2.33. The molecule has 0 bridgehead atoms. The summed E-state index contributed by atoms with van der Waals surface area (Å²) in [5.41, 5.74) is 12.3. The normalized spacial score (nSPS) is 17.7. The second kappa shape index (κ2) is 6.61. The number of benzene rings is 2. The molecule has 3 rings (SSSR count). The van der Waals surface area contributed by atoms with Crippen LogP contribution in [-0.4, -0.2) is 18.2 Å². The van der Waals surface area contributed by atoms with Crippen molar-refractivity contribution in [3.63, 3.8) is 0 Å². The summed E-state index contributed by atoms with van der Waals surface area (Å²) in [4.78, 5) is 0. The third kappa shape index (κ3) is 3.57. The lowest BCUT2D eigenvalue weighted by Crippen LogP contribution is -2.47. The number of rotatable bonds is 5. The van der Waals surface area contributed by atoms with Crippen LogP contribution in [0.5, 0.6) is 17.2 Å². The molecular formula is C19H25N3O2. The van der Waals surface area contributed by atoms with E-state index in [1.54, 1.807) is 18.2 Å². The monoisotopic (exact) mass is 327 g/mol. The van der Waals surface area contributed by atoms with Crippen LogP contribution in [0.4, 0.5) is 11.4 Å². The lowest BCUT2D eigenvalue weighted by atomic mass is 9.97. The molecule has 0 radical (unpaired) electrons. The summed E-state index contributed by atoms with van der Waals surface area (Å²) in [6, 6.07) is 13.3. The molecule has 0 saturated carbocycles. The molecule has 1 atom stereocenters.